The van der Waals surface area contributed by atoms with Gasteiger partial charge in [-0.3, -0.25) is 0 Å². The molecule has 0 heterocycles. The fourth-order valence-electron chi connectivity index (χ4n) is 10.5. The molecule has 0 spiro atoms. The third-order valence-electron chi connectivity index (χ3n) is 13.5. The molecule has 0 nitrogen and oxygen atoms in total. The Bertz CT molecular complexity index is 3460. The van der Waals surface area contributed by atoms with E-state index in [9.17, 15) is 0 Å². The van der Waals surface area contributed by atoms with Crippen molar-refractivity contribution in [3.63, 3.8) is 0 Å². The van der Waals surface area contributed by atoms with E-state index in [4.69, 9.17) is 0 Å². The number of allylic oxidation sites excluding steroid dienone is 2. The van der Waals surface area contributed by atoms with E-state index in [0.717, 1.165) is 0 Å². The lowest BCUT2D eigenvalue weighted by atomic mass is 9.65. The number of fused-ring (bicyclic) bond motifs is 9. The zero-order valence-corrected chi connectivity index (χ0v) is 33.8. The van der Waals surface area contributed by atoms with Gasteiger partial charge in [-0.15, -0.1) is 0 Å². The first-order valence-corrected chi connectivity index (χ1v) is 21.2. The van der Waals surface area contributed by atoms with Crippen LogP contribution in [0.2, 0.25) is 0 Å². The molecular weight excluding hydrogens is 721 g/mol. The Morgan fingerprint density at radius 2 is 0.700 bits per heavy atom. The Labute approximate surface area is 351 Å². The summed E-state index contributed by atoms with van der Waals surface area (Å²) in [5.74, 6) is 0.380. The number of hydrogen-bond acceptors (Lipinski definition) is 0. The third-order valence-corrected chi connectivity index (χ3v) is 13.5. The van der Waals surface area contributed by atoms with Crippen LogP contribution >= 0.6 is 0 Å². The van der Waals surface area contributed by atoms with Gasteiger partial charge in [0.25, 0.3) is 0 Å². The number of rotatable bonds is 4. The van der Waals surface area contributed by atoms with Gasteiger partial charge in [-0.1, -0.05) is 182 Å². The third kappa shape index (κ3) is 5.52. The van der Waals surface area contributed by atoms with E-state index in [1.54, 1.807) is 0 Å². The van der Waals surface area contributed by atoms with E-state index in [-0.39, 0.29) is 11.8 Å². The Morgan fingerprint density at radius 3 is 1.30 bits per heavy atom. The van der Waals surface area contributed by atoms with Crippen molar-refractivity contribution in [1.82, 2.24) is 0 Å². The molecule has 0 saturated heterocycles. The largest absolute Gasteiger partial charge is 0.0675 e. The van der Waals surface area contributed by atoms with Crippen molar-refractivity contribution in [3.8, 4) is 22.3 Å². The quantitative estimate of drug-likeness (QED) is 0.167. The van der Waals surface area contributed by atoms with Crippen LogP contribution in [-0.2, 0) is 0 Å². The summed E-state index contributed by atoms with van der Waals surface area (Å²) in [7, 11) is 0. The molecule has 2 aliphatic carbocycles. The molecule has 0 N–H and O–H groups in total. The molecule has 0 radical (unpaired) electrons. The molecule has 0 heteroatoms. The summed E-state index contributed by atoms with van der Waals surface area (Å²) in [4.78, 5) is 0. The van der Waals surface area contributed by atoms with Crippen molar-refractivity contribution in [2.24, 2.45) is 0 Å². The minimum absolute atomic E-state index is 0.182. The highest BCUT2D eigenvalue weighted by molar-refractivity contribution is 6.04. The fraction of sp³-hybridized carbons (Fsp3) is 0.0667. The number of benzene rings is 10. The van der Waals surface area contributed by atoms with Gasteiger partial charge in [-0.05, 0) is 159 Å². The van der Waals surface area contributed by atoms with Crippen LogP contribution in [0.1, 0.15) is 56.3 Å². The van der Waals surface area contributed by atoms with Crippen LogP contribution in [0.5, 0.6) is 0 Å². The summed E-state index contributed by atoms with van der Waals surface area (Å²) < 4.78 is 0. The Morgan fingerprint density at radius 1 is 0.300 bits per heavy atom. The van der Waals surface area contributed by atoms with Crippen molar-refractivity contribution in [1.29, 1.82) is 0 Å². The van der Waals surface area contributed by atoms with Crippen LogP contribution in [0.25, 0.3) is 76.5 Å². The van der Waals surface area contributed by atoms with Crippen LogP contribution in [0, 0.1) is 13.8 Å². The van der Waals surface area contributed by atoms with Gasteiger partial charge in [-0.2, -0.15) is 0 Å². The van der Waals surface area contributed by atoms with Gasteiger partial charge in [0.2, 0.25) is 0 Å². The maximum absolute atomic E-state index is 2.61. The molecule has 2 atom stereocenters. The van der Waals surface area contributed by atoms with Crippen LogP contribution in [-0.4, -0.2) is 0 Å². The SMILES string of the molecule is Cc1ccc2ccccc2c1C1=CC2c3ccc(-c4ccc5cc(-c6ccc7ccccc7c6)ccc5c4)cc3C(c3c(C)ccc4ccccc34)=CC2c2ccccc21. The molecule has 2 unspecified atom stereocenters. The second kappa shape index (κ2) is 13.7. The molecule has 0 saturated carbocycles. The summed E-state index contributed by atoms with van der Waals surface area (Å²) >= 11 is 0. The molecular formula is C60H42. The van der Waals surface area contributed by atoms with Crippen molar-refractivity contribution in [3.05, 3.63) is 251 Å². The average molecular weight is 763 g/mol. The highest BCUT2D eigenvalue weighted by atomic mass is 14.4. The van der Waals surface area contributed by atoms with E-state index >= 15 is 0 Å². The smallest absolute Gasteiger partial charge is 0.0138 e. The molecule has 0 amide bonds. The van der Waals surface area contributed by atoms with Crippen LogP contribution in [0.4, 0.5) is 0 Å². The van der Waals surface area contributed by atoms with Gasteiger partial charge in [0.1, 0.15) is 0 Å². The van der Waals surface area contributed by atoms with Gasteiger partial charge in [0.05, 0.1) is 0 Å². The maximum atomic E-state index is 2.61. The van der Waals surface area contributed by atoms with Gasteiger partial charge in [0, 0.05) is 11.8 Å². The summed E-state index contributed by atoms with van der Waals surface area (Å²) in [6, 6.07) is 72.6. The van der Waals surface area contributed by atoms with Crippen LogP contribution in [0.3, 0.4) is 0 Å². The van der Waals surface area contributed by atoms with Crippen molar-refractivity contribution in [2.45, 2.75) is 25.7 Å². The van der Waals surface area contributed by atoms with Crippen molar-refractivity contribution < 1.29 is 0 Å². The second-order valence-corrected chi connectivity index (χ2v) is 16.9. The van der Waals surface area contributed by atoms with Gasteiger partial charge < -0.3 is 0 Å². The molecule has 0 bridgehead atoms. The summed E-state index contributed by atoms with van der Waals surface area (Å²) in [6.45, 7) is 4.55. The first-order chi connectivity index (χ1) is 29.6. The standard InChI is InChI=1S/C60H42/c1-37-19-21-40-12-5-7-15-49(40)59(37)57-35-56-53-30-29-48(47-28-27-45-32-44(25-26-46(45)33-47)43-24-23-39-11-3-4-14-42(39)31-43)34-54(53)58(36-55(56)51-17-9-10-18-52(51)57)60-38(2)20-22-41-13-6-8-16-50(41)60/h3-36,55-56H,1-2H3. The van der Waals surface area contributed by atoms with Gasteiger partial charge in [-0.25, -0.2) is 0 Å². The maximum Gasteiger partial charge on any atom is 0.0138 e. The number of hydrogen-bond donors (Lipinski definition) is 0. The molecule has 0 aliphatic heterocycles. The first kappa shape index (κ1) is 34.7. The predicted octanol–water partition coefficient (Wildman–Crippen LogP) is 16.0. The molecule has 12 rings (SSSR count). The van der Waals surface area contributed by atoms with Crippen molar-refractivity contribution in [2.75, 3.05) is 0 Å². The Balaban J connectivity index is 1.04. The molecule has 0 aromatic heterocycles. The van der Waals surface area contributed by atoms with Crippen LogP contribution < -0.4 is 0 Å². The average Bonchev–Trinajstić information content (AvgIpc) is 3.30. The highest BCUT2D eigenvalue weighted by Gasteiger charge is 2.36. The highest BCUT2D eigenvalue weighted by Crippen LogP contribution is 2.54. The monoisotopic (exact) mass is 762 g/mol. The lowest BCUT2D eigenvalue weighted by Crippen LogP contribution is -2.20. The zero-order chi connectivity index (χ0) is 39.9. The lowest BCUT2D eigenvalue weighted by Gasteiger charge is -2.38. The Kier molecular flexibility index (Phi) is 7.90. The first-order valence-electron chi connectivity index (χ1n) is 21.2. The van der Waals surface area contributed by atoms with E-state index in [1.807, 2.05) is 0 Å². The Hall–Kier alpha value is -7.28. The minimum Gasteiger partial charge on any atom is -0.0675 e. The van der Waals surface area contributed by atoms with E-state index in [0.29, 0.717) is 0 Å². The molecule has 10 aromatic carbocycles. The van der Waals surface area contributed by atoms with E-state index < -0.39 is 0 Å². The van der Waals surface area contributed by atoms with Crippen LogP contribution in [0.15, 0.2) is 206 Å². The number of aryl methyl sites for hydroxylation is 2. The van der Waals surface area contributed by atoms with Gasteiger partial charge in [0.15, 0.2) is 0 Å². The second-order valence-electron chi connectivity index (χ2n) is 16.9. The predicted molar refractivity (Wildman–Crippen MR) is 256 cm³/mol. The molecule has 60 heavy (non-hydrogen) atoms. The van der Waals surface area contributed by atoms with Gasteiger partial charge >= 0.3 is 0 Å². The lowest BCUT2D eigenvalue weighted by molar-refractivity contribution is 0.716. The molecule has 2 aliphatic rings. The molecule has 10 aromatic rings. The van der Waals surface area contributed by atoms with E-state index in [1.165, 1.54) is 121 Å². The normalized spacial score (nSPS) is 15.7. The summed E-state index contributed by atoms with van der Waals surface area (Å²) in [5, 5.41) is 10.2. The zero-order valence-electron chi connectivity index (χ0n) is 33.8. The van der Waals surface area contributed by atoms with E-state index in [2.05, 4.69) is 220 Å². The summed E-state index contributed by atoms with van der Waals surface area (Å²) in [6.07, 6.45) is 5.22. The minimum atomic E-state index is 0.182. The fourth-order valence-corrected chi connectivity index (χ4v) is 10.5. The summed E-state index contributed by atoms with van der Waals surface area (Å²) in [5.41, 5.74) is 18.4. The topological polar surface area (TPSA) is 0 Å². The van der Waals surface area contributed by atoms with Crippen molar-refractivity contribution >= 4 is 54.2 Å². The molecule has 282 valence electrons. The molecule has 0 fully saturated rings.